The Morgan fingerprint density at radius 3 is 3.07 bits per heavy atom. The number of aryl methyl sites for hydroxylation is 1. The number of nitrogens with one attached hydrogen (secondary N) is 1. The molecule has 0 aliphatic carbocycles. The normalized spacial score (nSPS) is 27.0. The third kappa shape index (κ3) is 1.66. The molecule has 2 atom stereocenters. The van der Waals surface area contributed by atoms with Gasteiger partial charge in [0.1, 0.15) is 12.2 Å². The van der Waals surface area contributed by atoms with Gasteiger partial charge in [-0.25, -0.2) is 0 Å². The molecule has 2 unspecified atom stereocenters. The first-order valence-electron chi connectivity index (χ1n) is 5.41. The zero-order valence-electron chi connectivity index (χ0n) is 8.90. The van der Waals surface area contributed by atoms with Crippen LogP contribution in [0.1, 0.15) is 32.0 Å². The van der Waals surface area contributed by atoms with Crippen molar-refractivity contribution >= 4 is 0 Å². The Kier molecular flexibility index (Phi) is 2.82. The minimum atomic E-state index is 0.545. The van der Waals surface area contributed by atoms with E-state index in [-0.39, 0.29) is 0 Å². The van der Waals surface area contributed by atoms with Crippen LogP contribution in [0, 0.1) is 5.92 Å². The van der Waals surface area contributed by atoms with Crippen molar-refractivity contribution in [2.24, 2.45) is 5.92 Å². The lowest BCUT2D eigenvalue weighted by Crippen LogP contribution is -2.14. The van der Waals surface area contributed by atoms with Crippen LogP contribution in [0.15, 0.2) is 6.33 Å². The maximum atomic E-state index is 4.24. The van der Waals surface area contributed by atoms with Gasteiger partial charge in [0.15, 0.2) is 0 Å². The van der Waals surface area contributed by atoms with Crippen LogP contribution in [0.3, 0.4) is 0 Å². The Labute approximate surface area is 84.7 Å². The molecule has 14 heavy (non-hydrogen) atoms. The number of hydrogen-bond acceptors (Lipinski definition) is 3. The predicted molar refractivity (Wildman–Crippen MR) is 55.1 cm³/mol. The molecule has 78 valence electrons. The Morgan fingerprint density at radius 1 is 1.57 bits per heavy atom. The highest BCUT2D eigenvalue weighted by Crippen LogP contribution is 2.25. The molecule has 0 radical (unpaired) electrons. The van der Waals surface area contributed by atoms with E-state index in [9.17, 15) is 0 Å². The Hall–Kier alpha value is -0.900. The van der Waals surface area contributed by atoms with Gasteiger partial charge in [-0.15, -0.1) is 10.2 Å². The molecule has 2 heterocycles. The fourth-order valence-corrected chi connectivity index (χ4v) is 2.12. The second-order valence-electron chi connectivity index (χ2n) is 4.12. The fourth-order valence-electron chi connectivity index (χ4n) is 2.12. The second kappa shape index (κ2) is 4.09. The quantitative estimate of drug-likeness (QED) is 0.781. The molecule has 1 aliphatic heterocycles. The summed E-state index contributed by atoms with van der Waals surface area (Å²) >= 11 is 0. The van der Waals surface area contributed by atoms with Gasteiger partial charge in [-0.05, 0) is 18.9 Å². The summed E-state index contributed by atoms with van der Waals surface area (Å²) in [6, 6.07) is 0. The average molecular weight is 194 g/mol. The average Bonchev–Trinajstić information content (AvgIpc) is 2.74. The minimum absolute atomic E-state index is 0.545. The van der Waals surface area contributed by atoms with Gasteiger partial charge in [-0.3, -0.25) is 0 Å². The fraction of sp³-hybridized carbons (Fsp3) is 0.800. The predicted octanol–water partition coefficient (Wildman–Crippen LogP) is 1.01. The second-order valence-corrected chi connectivity index (χ2v) is 4.12. The molecule has 1 aliphatic rings. The number of hydrogen-bond donors (Lipinski definition) is 1. The van der Waals surface area contributed by atoms with E-state index in [4.69, 9.17) is 0 Å². The third-order valence-corrected chi connectivity index (χ3v) is 2.96. The van der Waals surface area contributed by atoms with Gasteiger partial charge in [0, 0.05) is 19.0 Å². The highest BCUT2D eigenvalue weighted by molar-refractivity contribution is 5.03. The van der Waals surface area contributed by atoms with E-state index in [2.05, 4.69) is 33.9 Å². The molecule has 0 spiro atoms. The van der Waals surface area contributed by atoms with E-state index in [1.165, 1.54) is 0 Å². The van der Waals surface area contributed by atoms with Crippen molar-refractivity contribution in [1.29, 1.82) is 0 Å². The van der Waals surface area contributed by atoms with Crippen LogP contribution in [0.2, 0.25) is 0 Å². The lowest BCUT2D eigenvalue weighted by atomic mass is 9.97. The first-order chi connectivity index (χ1) is 6.83. The van der Waals surface area contributed by atoms with Crippen molar-refractivity contribution < 1.29 is 0 Å². The van der Waals surface area contributed by atoms with Gasteiger partial charge in [-0.2, -0.15) is 0 Å². The lowest BCUT2D eigenvalue weighted by Gasteiger charge is -2.14. The summed E-state index contributed by atoms with van der Waals surface area (Å²) in [5, 5.41) is 11.6. The van der Waals surface area contributed by atoms with Crippen molar-refractivity contribution in [3.05, 3.63) is 12.2 Å². The molecule has 4 nitrogen and oxygen atoms in total. The Morgan fingerprint density at radius 2 is 2.43 bits per heavy atom. The van der Waals surface area contributed by atoms with Crippen LogP contribution in [0.25, 0.3) is 0 Å². The number of aromatic nitrogens is 3. The molecule has 0 amide bonds. The molecule has 4 heteroatoms. The minimum Gasteiger partial charge on any atom is -0.317 e. The van der Waals surface area contributed by atoms with Crippen LogP contribution in [-0.2, 0) is 6.54 Å². The van der Waals surface area contributed by atoms with Gasteiger partial charge in [0.25, 0.3) is 0 Å². The van der Waals surface area contributed by atoms with E-state index >= 15 is 0 Å². The molecular weight excluding hydrogens is 176 g/mol. The molecule has 1 saturated heterocycles. The van der Waals surface area contributed by atoms with Crippen LogP contribution >= 0.6 is 0 Å². The Bertz CT molecular complexity index is 294. The van der Waals surface area contributed by atoms with E-state index in [0.29, 0.717) is 11.8 Å². The summed E-state index contributed by atoms with van der Waals surface area (Å²) < 4.78 is 2.19. The maximum Gasteiger partial charge on any atom is 0.137 e. The molecule has 1 fully saturated rings. The summed E-state index contributed by atoms with van der Waals surface area (Å²) in [7, 11) is 0. The number of nitrogens with zero attached hydrogens (tertiary/aromatic N) is 3. The van der Waals surface area contributed by atoms with Gasteiger partial charge >= 0.3 is 0 Å². The van der Waals surface area contributed by atoms with Crippen LogP contribution in [-0.4, -0.2) is 27.9 Å². The van der Waals surface area contributed by atoms with E-state index < -0.39 is 0 Å². The highest BCUT2D eigenvalue weighted by atomic mass is 15.3. The molecule has 2 rings (SSSR count). The van der Waals surface area contributed by atoms with Crippen molar-refractivity contribution in [3.63, 3.8) is 0 Å². The molecule has 1 aromatic rings. The zero-order valence-corrected chi connectivity index (χ0v) is 8.90. The van der Waals surface area contributed by atoms with Crippen molar-refractivity contribution in [3.8, 4) is 0 Å². The zero-order chi connectivity index (χ0) is 9.97. The Balaban J connectivity index is 2.17. The molecule has 0 saturated carbocycles. The van der Waals surface area contributed by atoms with E-state index in [1.54, 1.807) is 0 Å². The molecule has 0 bridgehead atoms. The van der Waals surface area contributed by atoms with Crippen molar-refractivity contribution in [2.45, 2.75) is 32.7 Å². The largest absolute Gasteiger partial charge is 0.317 e. The summed E-state index contributed by atoms with van der Waals surface area (Å²) in [5.74, 6) is 2.38. The molecule has 1 N–H and O–H groups in total. The highest BCUT2D eigenvalue weighted by Gasteiger charge is 2.28. The van der Waals surface area contributed by atoms with Crippen LogP contribution in [0.5, 0.6) is 0 Å². The number of rotatable bonds is 3. The standard InChI is InChI=1S/C10H18N4/c1-3-4-14-7-12-13-10(14)9-6-11-5-8(9)2/h7-9,11H,3-6H2,1-2H3. The summed E-state index contributed by atoms with van der Waals surface area (Å²) in [4.78, 5) is 0. The third-order valence-electron chi connectivity index (χ3n) is 2.96. The summed E-state index contributed by atoms with van der Waals surface area (Å²) in [6.07, 6.45) is 2.99. The van der Waals surface area contributed by atoms with Gasteiger partial charge in [0.2, 0.25) is 0 Å². The molecule has 1 aromatic heterocycles. The maximum absolute atomic E-state index is 4.24. The van der Waals surface area contributed by atoms with E-state index in [0.717, 1.165) is 31.9 Å². The van der Waals surface area contributed by atoms with Gasteiger partial charge < -0.3 is 9.88 Å². The van der Waals surface area contributed by atoms with Crippen LogP contribution in [0.4, 0.5) is 0 Å². The van der Waals surface area contributed by atoms with Crippen LogP contribution < -0.4 is 5.32 Å². The van der Waals surface area contributed by atoms with Gasteiger partial charge in [-0.1, -0.05) is 13.8 Å². The first-order valence-corrected chi connectivity index (χ1v) is 5.41. The van der Waals surface area contributed by atoms with Crippen molar-refractivity contribution in [1.82, 2.24) is 20.1 Å². The monoisotopic (exact) mass is 194 g/mol. The lowest BCUT2D eigenvalue weighted by molar-refractivity contribution is 0.508. The SMILES string of the molecule is CCCn1cnnc1C1CNCC1C. The molecule has 0 aromatic carbocycles. The first kappa shape index (κ1) is 9.65. The van der Waals surface area contributed by atoms with E-state index in [1.807, 2.05) is 6.33 Å². The molecular formula is C10H18N4. The topological polar surface area (TPSA) is 42.7 Å². The smallest absolute Gasteiger partial charge is 0.137 e. The summed E-state index contributed by atoms with van der Waals surface area (Å²) in [5.41, 5.74) is 0. The van der Waals surface area contributed by atoms with Crippen molar-refractivity contribution in [2.75, 3.05) is 13.1 Å². The summed E-state index contributed by atoms with van der Waals surface area (Å²) in [6.45, 7) is 7.63. The van der Waals surface area contributed by atoms with Gasteiger partial charge in [0.05, 0.1) is 0 Å².